The van der Waals surface area contributed by atoms with Gasteiger partial charge >= 0.3 is 0 Å². The van der Waals surface area contributed by atoms with Crippen LogP contribution in [0.5, 0.6) is 0 Å². The van der Waals surface area contributed by atoms with E-state index in [0.29, 0.717) is 12.0 Å². The lowest BCUT2D eigenvalue weighted by Gasteiger charge is -2.31. The number of thioether (sulfide) groups is 1. The third-order valence-electron chi connectivity index (χ3n) is 5.15. The third kappa shape index (κ3) is 5.18. The summed E-state index contributed by atoms with van der Waals surface area (Å²) < 4.78 is 5.44. The van der Waals surface area contributed by atoms with Crippen LogP contribution in [0.2, 0.25) is 0 Å². The van der Waals surface area contributed by atoms with Crippen LogP contribution in [0.15, 0.2) is 53.4 Å². The molecule has 0 spiro atoms. The van der Waals surface area contributed by atoms with Gasteiger partial charge in [0.15, 0.2) is 0 Å². The van der Waals surface area contributed by atoms with E-state index in [-0.39, 0.29) is 17.9 Å². The number of benzene rings is 2. The van der Waals surface area contributed by atoms with Crippen molar-refractivity contribution in [3.05, 3.63) is 59.7 Å². The number of ether oxygens (including phenoxy) is 1. The highest BCUT2D eigenvalue weighted by molar-refractivity contribution is 7.99. The van der Waals surface area contributed by atoms with Gasteiger partial charge in [-0.15, -0.1) is 11.8 Å². The molecule has 4 rings (SSSR count). The maximum atomic E-state index is 13.0. The van der Waals surface area contributed by atoms with Gasteiger partial charge in [-0.2, -0.15) is 0 Å². The van der Waals surface area contributed by atoms with Crippen molar-refractivity contribution in [3.8, 4) is 0 Å². The van der Waals surface area contributed by atoms with Crippen LogP contribution >= 0.6 is 11.8 Å². The quantitative estimate of drug-likeness (QED) is 0.792. The topological polar surface area (TPSA) is 70.7 Å². The summed E-state index contributed by atoms with van der Waals surface area (Å²) in [7, 11) is 0. The third-order valence-corrected chi connectivity index (χ3v) is 6.23. The molecule has 0 bridgehead atoms. The second-order valence-electron chi connectivity index (χ2n) is 7.21. The van der Waals surface area contributed by atoms with Crippen LogP contribution in [0.25, 0.3) is 0 Å². The van der Waals surface area contributed by atoms with E-state index in [1.165, 1.54) is 0 Å². The lowest BCUT2D eigenvalue weighted by Crippen LogP contribution is -2.43. The second-order valence-corrected chi connectivity index (χ2v) is 8.34. The number of morpholine rings is 1. The molecule has 1 fully saturated rings. The maximum Gasteiger partial charge on any atom is 0.251 e. The second kappa shape index (κ2) is 9.43. The van der Waals surface area contributed by atoms with Gasteiger partial charge in [0.2, 0.25) is 5.91 Å². The summed E-state index contributed by atoms with van der Waals surface area (Å²) in [6.45, 7) is 3.90. The van der Waals surface area contributed by atoms with Gasteiger partial charge in [0.05, 0.1) is 24.9 Å². The molecule has 2 aromatic carbocycles. The normalized spacial score (nSPS) is 18.3. The number of hydrogen-bond donors (Lipinski definition) is 2. The van der Waals surface area contributed by atoms with Crippen LogP contribution in [-0.4, -0.2) is 55.3 Å². The molecule has 0 saturated carbocycles. The Morgan fingerprint density at radius 3 is 2.76 bits per heavy atom. The molecule has 2 heterocycles. The van der Waals surface area contributed by atoms with Crippen molar-refractivity contribution in [1.82, 2.24) is 10.2 Å². The first-order valence-electron chi connectivity index (χ1n) is 9.91. The molecule has 6 nitrogen and oxygen atoms in total. The number of anilines is 1. The Balaban J connectivity index is 1.52. The molecular formula is C22H25N3O3S. The number of carbonyl (C=O) groups is 2. The van der Waals surface area contributed by atoms with Gasteiger partial charge in [-0.05, 0) is 23.8 Å². The summed E-state index contributed by atoms with van der Waals surface area (Å²) in [6, 6.07) is 15.4. The maximum absolute atomic E-state index is 13.0. The molecule has 2 aliphatic rings. The highest BCUT2D eigenvalue weighted by Gasteiger charge is 2.22. The van der Waals surface area contributed by atoms with Gasteiger partial charge in [-0.3, -0.25) is 14.5 Å². The Morgan fingerprint density at radius 2 is 1.97 bits per heavy atom. The average molecular weight is 412 g/mol. The van der Waals surface area contributed by atoms with Crippen LogP contribution < -0.4 is 10.6 Å². The number of rotatable bonds is 5. The number of nitrogens with zero attached hydrogens (tertiary/aromatic N) is 1. The van der Waals surface area contributed by atoms with Crippen LogP contribution in [0.1, 0.15) is 28.4 Å². The van der Waals surface area contributed by atoms with Gasteiger partial charge in [-0.1, -0.05) is 30.3 Å². The lowest BCUT2D eigenvalue weighted by molar-refractivity contribution is -0.115. The predicted octanol–water partition coefficient (Wildman–Crippen LogP) is 2.92. The van der Waals surface area contributed by atoms with Crippen LogP contribution in [-0.2, 0) is 9.53 Å². The van der Waals surface area contributed by atoms with Crippen molar-refractivity contribution in [3.63, 3.8) is 0 Å². The number of carbonyl (C=O) groups excluding carboxylic acids is 2. The summed E-state index contributed by atoms with van der Waals surface area (Å²) in [6.07, 6.45) is 0.483. The van der Waals surface area contributed by atoms with E-state index in [9.17, 15) is 9.59 Å². The van der Waals surface area contributed by atoms with Gasteiger partial charge in [0, 0.05) is 42.3 Å². The average Bonchev–Trinajstić information content (AvgIpc) is 2.94. The molecule has 2 N–H and O–H groups in total. The van der Waals surface area contributed by atoms with Gasteiger partial charge in [-0.25, -0.2) is 0 Å². The van der Waals surface area contributed by atoms with Crippen molar-refractivity contribution in [1.29, 1.82) is 0 Å². The molecule has 0 unspecified atom stereocenters. The van der Waals surface area contributed by atoms with E-state index in [2.05, 4.69) is 15.5 Å². The van der Waals surface area contributed by atoms with Crippen molar-refractivity contribution in [2.45, 2.75) is 17.4 Å². The smallest absolute Gasteiger partial charge is 0.251 e. The predicted molar refractivity (Wildman–Crippen MR) is 114 cm³/mol. The minimum atomic E-state index is -0.140. The molecule has 0 radical (unpaired) electrons. The molecule has 29 heavy (non-hydrogen) atoms. The summed E-state index contributed by atoms with van der Waals surface area (Å²) >= 11 is 1.63. The Morgan fingerprint density at radius 1 is 1.17 bits per heavy atom. The van der Waals surface area contributed by atoms with Crippen LogP contribution in [0.4, 0.5) is 5.69 Å². The van der Waals surface area contributed by atoms with Crippen molar-refractivity contribution >= 4 is 29.3 Å². The van der Waals surface area contributed by atoms with Gasteiger partial charge < -0.3 is 15.4 Å². The fourth-order valence-electron chi connectivity index (χ4n) is 3.56. The number of hydrogen-bond acceptors (Lipinski definition) is 5. The first-order valence-corrected chi connectivity index (χ1v) is 10.9. The van der Waals surface area contributed by atoms with Gasteiger partial charge in [0.25, 0.3) is 5.91 Å². The largest absolute Gasteiger partial charge is 0.379 e. The van der Waals surface area contributed by atoms with Crippen LogP contribution in [0.3, 0.4) is 0 Å². The molecule has 1 saturated heterocycles. The van der Waals surface area contributed by atoms with E-state index < -0.39 is 0 Å². The highest BCUT2D eigenvalue weighted by atomic mass is 32.2. The first-order chi connectivity index (χ1) is 14.2. The molecular weight excluding hydrogens is 386 g/mol. The molecule has 0 aromatic heterocycles. The van der Waals surface area contributed by atoms with Crippen LogP contribution in [0, 0.1) is 0 Å². The Bertz CT molecular complexity index is 869. The van der Waals surface area contributed by atoms with E-state index in [0.717, 1.165) is 54.7 Å². The van der Waals surface area contributed by atoms with Gasteiger partial charge in [0.1, 0.15) is 0 Å². The molecule has 0 aliphatic carbocycles. The van der Waals surface area contributed by atoms with E-state index in [1.807, 2.05) is 42.5 Å². The number of fused-ring (bicyclic) bond motifs is 1. The zero-order chi connectivity index (χ0) is 20.1. The summed E-state index contributed by atoms with van der Waals surface area (Å²) in [5.74, 6) is 0.599. The minimum Gasteiger partial charge on any atom is -0.379 e. The summed E-state index contributed by atoms with van der Waals surface area (Å²) in [5.41, 5.74) is 2.34. The Kier molecular flexibility index (Phi) is 6.49. The fraction of sp³-hybridized carbons (Fsp3) is 0.364. The Hall–Kier alpha value is -2.35. The van der Waals surface area contributed by atoms with E-state index in [4.69, 9.17) is 4.74 Å². The zero-order valence-electron chi connectivity index (χ0n) is 16.2. The monoisotopic (exact) mass is 411 g/mol. The molecule has 1 atom stereocenters. The molecule has 2 aliphatic heterocycles. The molecule has 2 amide bonds. The van der Waals surface area contributed by atoms with Crippen molar-refractivity contribution in [2.75, 3.05) is 43.9 Å². The summed E-state index contributed by atoms with van der Waals surface area (Å²) in [5, 5.41) is 6.10. The molecule has 2 aromatic rings. The van der Waals surface area contributed by atoms with E-state index in [1.54, 1.807) is 17.8 Å². The number of amides is 2. The fourth-order valence-corrected chi connectivity index (χ4v) is 4.50. The Labute approximate surface area is 175 Å². The first kappa shape index (κ1) is 19.9. The molecule has 152 valence electrons. The van der Waals surface area contributed by atoms with E-state index >= 15 is 0 Å². The number of nitrogens with one attached hydrogen (secondary N) is 2. The summed E-state index contributed by atoms with van der Waals surface area (Å²) in [4.78, 5) is 28.2. The lowest BCUT2D eigenvalue weighted by atomic mass is 10.0. The zero-order valence-corrected chi connectivity index (χ0v) is 17.0. The highest BCUT2D eigenvalue weighted by Crippen LogP contribution is 2.31. The minimum absolute atomic E-state index is 0.0108. The van der Waals surface area contributed by atoms with Crippen molar-refractivity contribution < 1.29 is 14.3 Å². The standard InChI is InChI=1S/C22H25N3O3S/c26-21-8-13-29-20-7-6-17(14-18(20)23-21)22(27)24-19(16-4-2-1-3-5-16)15-25-9-11-28-12-10-25/h1-7,14,19H,8-13,15H2,(H,23,26)(H,24,27)/t19-/m0/s1. The molecule has 7 heteroatoms. The SMILES string of the molecule is O=C1CCSc2ccc(C(=O)N[C@@H](CN3CCOCC3)c3ccccc3)cc2N1. The van der Waals surface area contributed by atoms with Crippen molar-refractivity contribution in [2.24, 2.45) is 0 Å².